The van der Waals surface area contributed by atoms with Crippen LogP contribution in [0.25, 0.3) is 10.2 Å². The fraction of sp³-hybridized carbons (Fsp3) is 0.478. The third-order valence-electron chi connectivity index (χ3n) is 6.39. The minimum Gasteiger partial charge on any atom is -0.496 e. The quantitative estimate of drug-likeness (QED) is 0.630. The lowest BCUT2D eigenvalue weighted by molar-refractivity contribution is 0.0112. The first-order chi connectivity index (χ1) is 14.1. The minimum atomic E-state index is 0.401. The van der Waals surface area contributed by atoms with Crippen molar-refractivity contribution in [2.45, 2.75) is 33.2 Å². The number of thiophene rings is 1. The van der Waals surface area contributed by atoms with Crippen LogP contribution in [0.4, 0.5) is 5.82 Å². The molecule has 29 heavy (non-hydrogen) atoms. The Morgan fingerprint density at radius 3 is 2.83 bits per heavy atom. The van der Waals surface area contributed by atoms with Gasteiger partial charge in [0.15, 0.2) is 0 Å². The molecular weight excluding hydrogens is 380 g/mol. The van der Waals surface area contributed by atoms with Crippen molar-refractivity contribution < 1.29 is 4.74 Å². The number of aromatic nitrogens is 2. The Balaban J connectivity index is 1.28. The van der Waals surface area contributed by atoms with Crippen molar-refractivity contribution in [3.05, 3.63) is 46.6 Å². The van der Waals surface area contributed by atoms with Gasteiger partial charge in [-0.15, -0.1) is 11.3 Å². The van der Waals surface area contributed by atoms with E-state index in [2.05, 4.69) is 57.9 Å². The molecule has 2 fully saturated rings. The number of fused-ring (bicyclic) bond motifs is 1. The SMILES string of the molecule is CCc1cc2c(N3CCC4(CN(Cc5cc(C)ccc5OC)C4)C3)ncnc2s1. The smallest absolute Gasteiger partial charge is 0.140 e. The molecule has 2 aliphatic heterocycles. The van der Waals surface area contributed by atoms with E-state index in [-0.39, 0.29) is 0 Å². The highest BCUT2D eigenvalue weighted by atomic mass is 32.1. The molecule has 0 radical (unpaired) electrons. The summed E-state index contributed by atoms with van der Waals surface area (Å²) in [6, 6.07) is 8.75. The van der Waals surface area contributed by atoms with Gasteiger partial charge in [-0.2, -0.15) is 0 Å². The number of anilines is 1. The van der Waals surface area contributed by atoms with Gasteiger partial charge in [0.25, 0.3) is 0 Å². The fourth-order valence-corrected chi connectivity index (χ4v) is 5.91. The molecule has 0 bridgehead atoms. The molecule has 2 aromatic heterocycles. The summed E-state index contributed by atoms with van der Waals surface area (Å²) in [6.07, 6.45) is 4.03. The maximum Gasteiger partial charge on any atom is 0.140 e. The number of ether oxygens (including phenoxy) is 1. The van der Waals surface area contributed by atoms with Crippen LogP contribution >= 0.6 is 11.3 Å². The Hall–Kier alpha value is -2.18. The van der Waals surface area contributed by atoms with Crippen LogP contribution in [0.2, 0.25) is 0 Å². The van der Waals surface area contributed by atoms with Crippen LogP contribution in [0.5, 0.6) is 5.75 Å². The first-order valence-corrected chi connectivity index (χ1v) is 11.2. The van der Waals surface area contributed by atoms with Crippen LogP contribution in [0.3, 0.4) is 0 Å². The molecule has 0 saturated carbocycles. The molecule has 152 valence electrons. The van der Waals surface area contributed by atoms with Crippen LogP contribution in [0.1, 0.15) is 29.3 Å². The lowest BCUT2D eigenvalue weighted by atomic mass is 9.79. The number of hydrogen-bond donors (Lipinski definition) is 0. The van der Waals surface area contributed by atoms with Crippen molar-refractivity contribution in [2.24, 2.45) is 5.41 Å². The molecule has 0 N–H and O–H groups in total. The second kappa shape index (κ2) is 7.26. The van der Waals surface area contributed by atoms with Gasteiger partial charge in [-0.3, -0.25) is 4.90 Å². The molecule has 2 saturated heterocycles. The van der Waals surface area contributed by atoms with Gasteiger partial charge in [0.05, 0.1) is 12.5 Å². The Morgan fingerprint density at radius 1 is 1.17 bits per heavy atom. The standard InChI is InChI=1S/C23H28N4OS/c1-4-18-10-19-21(24-15-25-22(19)29-18)27-8-7-23(14-27)12-26(13-23)11-17-9-16(2)5-6-20(17)28-3/h5-6,9-10,15H,4,7-8,11-14H2,1-3H3. The molecule has 2 aliphatic rings. The van der Waals surface area contributed by atoms with E-state index >= 15 is 0 Å². The van der Waals surface area contributed by atoms with Gasteiger partial charge < -0.3 is 9.64 Å². The Morgan fingerprint density at radius 2 is 2.03 bits per heavy atom. The van der Waals surface area contributed by atoms with Crippen LogP contribution in [-0.4, -0.2) is 48.2 Å². The summed E-state index contributed by atoms with van der Waals surface area (Å²) in [5.74, 6) is 2.12. The summed E-state index contributed by atoms with van der Waals surface area (Å²) >= 11 is 1.80. The molecule has 5 rings (SSSR count). The van der Waals surface area contributed by atoms with E-state index in [4.69, 9.17) is 4.74 Å². The molecule has 1 spiro atoms. The summed E-state index contributed by atoms with van der Waals surface area (Å²) in [6.45, 7) is 9.80. The molecule has 3 aromatic rings. The Labute approximate surface area is 176 Å². The zero-order valence-electron chi connectivity index (χ0n) is 17.4. The highest BCUT2D eigenvalue weighted by Gasteiger charge is 2.48. The highest BCUT2D eigenvalue weighted by molar-refractivity contribution is 7.18. The number of rotatable bonds is 5. The fourth-order valence-electron chi connectivity index (χ4n) is 4.98. The lowest BCUT2D eigenvalue weighted by Crippen LogP contribution is -2.56. The number of benzene rings is 1. The van der Waals surface area contributed by atoms with Crippen LogP contribution in [-0.2, 0) is 13.0 Å². The Kier molecular flexibility index (Phi) is 4.71. The van der Waals surface area contributed by atoms with Gasteiger partial charge in [-0.25, -0.2) is 9.97 Å². The second-order valence-corrected chi connectivity index (χ2v) is 9.73. The Bertz CT molecular complexity index is 1040. The van der Waals surface area contributed by atoms with Crippen molar-refractivity contribution in [3.63, 3.8) is 0 Å². The normalized spacial score (nSPS) is 18.5. The van der Waals surface area contributed by atoms with Crippen molar-refractivity contribution in [1.29, 1.82) is 0 Å². The van der Waals surface area contributed by atoms with E-state index in [1.807, 2.05) is 0 Å². The molecule has 5 nitrogen and oxygen atoms in total. The number of hydrogen-bond acceptors (Lipinski definition) is 6. The van der Waals surface area contributed by atoms with Gasteiger partial charge in [-0.05, 0) is 31.9 Å². The van der Waals surface area contributed by atoms with Gasteiger partial charge >= 0.3 is 0 Å². The van der Waals surface area contributed by atoms with Crippen LogP contribution in [0, 0.1) is 12.3 Å². The van der Waals surface area contributed by atoms with E-state index in [0.717, 1.165) is 55.5 Å². The predicted molar refractivity (Wildman–Crippen MR) is 119 cm³/mol. The van der Waals surface area contributed by atoms with Gasteiger partial charge in [0.2, 0.25) is 0 Å². The molecule has 0 atom stereocenters. The molecule has 0 unspecified atom stereocenters. The average Bonchev–Trinajstić information content (AvgIpc) is 3.32. The first-order valence-electron chi connectivity index (χ1n) is 10.4. The molecular formula is C23H28N4OS. The molecule has 0 aliphatic carbocycles. The van der Waals surface area contributed by atoms with E-state index in [1.54, 1.807) is 24.8 Å². The van der Waals surface area contributed by atoms with E-state index in [0.29, 0.717) is 5.41 Å². The van der Waals surface area contributed by atoms with E-state index < -0.39 is 0 Å². The van der Waals surface area contributed by atoms with E-state index in [1.165, 1.54) is 27.8 Å². The number of aryl methyl sites for hydroxylation is 2. The van der Waals surface area contributed by atoms with Crippen molar-refractivity contribution in [1.82, 2.24) is 14.9 Å². The summed E-state index contributed by atoms with van der Waals surface area (Å²) in [5.41, 5.74) is 2.98. The second-order valence-electron chi connectivity index (χ2n) is 8.61. The van der Waals surface area contributed by atoms with Crippen LogP contribution in [0.15, 0.2) is 30.6 Å². The zero-order chi connectivity index (χ0) is 20.0. The molecule has 4 heterocycles. The number of methoxy groups -OCH3 is 1. The maximum atomic E-state index is 5.57. The number of likely N-dealkylation sites (tertiary alicyclic amines) is 1. The average molecular weight is 409 g/mol. The maximum absolute atomic E-state index is 5.57. The molecule has 1 aromatic carbocycles. The lowest BCUT2D eigenvalue weighted by Gasteiger charge is -2.48. The third-order valence-corrected chi connectivity index (χ3v) is 7.58. The summed E-state index contributed by atoms with van der Waals surface area (Å²) in [7, 11) is 1.76. The summed E-state index contributed by atoms with van der Waals surface area (Å²) in [5, 5.41) is 1.23. The minimum absolute atomic E-state index is 0.401. The molecule has 0 amide bonds. The van der Waals surface area contributed by atoms with Crippen LogP contribution < -0.4 is 9.64 Å². The van der Waals surface area contributed by atoms with Gasteiger partial charge in [-0.1, -0.05) is 24.6 Å². The van der Waals surface area contributed by atoms with Gasteiger partial charge in [0, 0.05) is 48.6 Å². The molecule has 6 heteroatoms. The largest absolute Gasteiger partial charge is 0.496 e. The third kappa shape index (κ3) is 3.38. The van der Waals surface area contributed by atoms with E-state index in [9.17, 15) is 0 Å². The summed E-state index contributed by atoms with van der Waals surface area (Å²) in [4.78, 5) is 16.7. The zero-order valence-corrected chi connectivity index (χ0v) is 18.3. The predicted octanol–water partition coefficient (Wildman–Crippen LogP) is 4.28. The van der Waals surface area contributed by atoms with Crippen molar-refractivity contribution >= 4 is 27.4 Å². The monoisotopic (exact) mass is 408 g/mol. The van der Waals surface area contributed by atoms with Gasteiger partial charge in [0.1, 0.15) is 22.7 Å². The van der Waals surface area contributed by atoms with Crippen molar-refractivity contribution in [2.75, 3.05) is 38.2 Å². The topological polar surface area (TPSA) is 41.5 Å². The summed E-state index contributed by atoms with van der Waals surface area (Å²) < 4.78 is 5.57. The highest BCUT2D eigenvalue weighted by Crippen LogP contribution is 2.43. The first kappa shape index (κ1) is 18.8. The number of nitrogens with zero attached hydrogens (tertiary/aromatic N) is 4. The van der Waals surface area contributed by atoms with Crippen molar-refractivity contribution in [3.8, 4) is 5.75 Å².